The van der Waals surface area contributed by atoms with Crippen molar-refractivity contribution in [2.75, 3.05) is 13.7 Å². The van der Waals surface area contributed by atoms with Crippen molar-refractivity contribution in [1.82, 2.24) is 5.32 Å². The highest BCUT2D eigenvalue weighted by Gasteiger charge is 2.10. The Morgan fingerprint density at radius 2 is 2.06 bits per heavy atom. The van der Waals surface area contributed by atoms with Gasteiger partial charge in [-0.1, -0.05) is 12.1 Å². The van der Waals surface area contributed by atoms with E-state index in [0.29, 0.717) is 6.54 Å². The number of hydrogen-bond acceptors (Lipinski definition) is 4. The second-order valence-electron chi connectivity index (χ2n) is 4.27. The van der Waals surface area contributed by atoms with E-state index in [2.05, 4.69) is 5.32 Å². The number of rotatable bonds is 7. The zero-order valence-electron chi connectivity index (χ0n) is 10.7. The fourth-order valence-electron chi connectivity index (χ4n) is 1.63. The van der Waals surface area contributed by atoms with Crippen LogP contribution in [-0.2, 0) is 4.79 Å². The van der Waals surface area contributed by atoms with Crippen LogP contribution in [0.3, 0.4) is 0 Å². The van der Waals surface area contributed by atoms with Crippen LogP contribution >= 0.6 is 0 Å². The summed E-state index contributed by atoms with van der Waals surface area (Å²) in [5.41, 5.74) is 5.89. The van der Waals surface area contributed by atoms with E-state index in [0.717, 1.165) is 11.3 Å². The summed E-state index contributed by atoms with van der Waals surface area (Å²) in [6.45, 7) is 2.23. The molecule has 0 fully saturated rings. The molecule has 5 heteroatoms. The van der Waals surface area contributed by atoms with Gasteiger partial charge in [-0.2, -0.15) is 0 Å². The molecule has 0 aliphatic heterocycles. The molecule has 0 aliphatic carbocycles. The zero-order chi connectivity index (χ0) is 13.5. The Morgan fingerprint density at radius 3 is 2.56 bits per heavy atom. The lowest BCUT2D eigenvalue weighted by Gasteiger charge is -2.16. The van der Waals surface area contributed by atoms with Crippen LogP contribution in [0.2, 0.25) is 0 Å². The van der Waals surface area contributed by atoms with Crippen LogP contribution in [-0.4, -0.2) is 30.7 Å². The van der Waals surface area contributed by atoms with Gasteiger partial charge in [0.15, 0.2) is 0 Å². The van der Waals surface area contributed by atoms with Crippen molar-refractivity contribution in [2.24, 2.45) is 5.73 Å². The predicted molar refractivity (Wildman–Crippen MR) is 69.2 cm³/mol. The summed E-state index contributed by atoms with van der Waals surface area (Å²) in [5, 5.41) is 13.0. The average molecular weight is 252 g/mol. The van der Waals surface area contributed by atoms with E-state index < -0.39 is 6.10 Å². The number of nitrogens with two attached hydrogens (primary N) is 1. The van der Waals surface area contributed by atoms with Gasteiger partial charge in [0, 0.05) is 19.0 Å². The first-order chi connectivity index (χ1) is 8.52. The summed E-state index contributed by atoms with van der Waals surface area (Å²) in [6.07, 6.45) is -0.360. The molecule has 1 amide bonds. The molecule has 100 valence electrons. The minimum atomic E-state index is -0.619. The topological polar surface area (TPSA) is 84.6 Å². The van der Waals surface area contributed by atoms with Crippen LogP contribution in [0.5, 0.6) is 5.75 Å². The van der Waals surface area contributed by atoms with E-state index in [-0.39, 0.29) is 18.4 Å². The maximum absolute atomic E-state index is 10.7. The third-order valence-corrected chi connectivity index (χ3v) is 2.67. The van der Waals surface area contributed by atoms with E-state index in [4.69, 9.17) is 10.5 Å². The molecule has 4 N–H and O–H groups in total. The maximum atomic E-state index is 10.7. The van der Waals surface area contributed by atoms with Gasteiger partial charge in [-0.15, -0.1) is 0 Å². The Bertz CT molecular complexity index is 378. The lowest BCUT2D eigenvalue weighted by Crippen LogP contribution is -2.33. The van der Waals surface area contributed by atoms with E-state index >= 15 is 0 Å². The summed E-state index contributed by atoms with van der Waals surface area (Å²) >= 11 is 0. The molecule has 0 bridgehead atoms. The largest absolute Gasteiger partial charge is 0.497 e. The number of aliphatic hydroxyl groups is 1. The number of amides is 1. The van der Waals surface area contributed by atoms with E-state index in [9.17, 15) is 9.90 Å². The Hall–Kier alpha value is -1.59. The van der Waals surface area contributed by atoms with Gasteiger partial charge in [0.05, 0.1) is 13.2 Å². The van der Waals surface area contributed by atoms with Gasteiger partial charge in [-0.05, 0) is 24.6 Å². The molecule has 0 aliphatic rings. The van der Waals surface area contributed by atoms with Gasteiger partial charge in [0.25, 0.3) is 0 Å². The summed E-state index contributed by atoms with van der Waals surface area (Å²) in [6, 6.07) is 7.17. The van der Waals surface area contributed by atoms with E-state index in [1.165, 1.54) is 0 Å². The van der Waals surface area contributed by atoms with Gasteiger partial charge < -0.3 is 20.9 Å². The molecule has 0 saturated heterocycles. The number of carbonyl (C=O) groups is 1. The normalized spacial score (nSPS) is 13.9. The van der Waals surface area contributed by atoms with E-state index in [1.54, 1.807) is 19.2 Å². The SMILES string of the molecule is COc1ccc(C(O)CNC(C)CC(N)=O)cc1. The fourth-order valence-corrected chi connectivity index (χ4v) is 1.63. The zero-order valence-corrected chi connectivity index (χ0v) is 10.7. The minimum Gasteiger partial charge on any atom is -0.497 e. The summed E-state index contributed by atoms with van der Waals surface area (Å²) in [7, 11) is 1.60. The third-order valence-electron chi connectivity index (χ3n) is 2.67. The lowest BCUT2D eigenvalue weighted by molar-refractivity contribution is -0.118. The molecule has 1 aromatic rings. The molecule has 0 radical (unpaired) electrons. The number of aliphatic hydroxyl groups excluding tert-OH is 1. The van der Waals surface area contributed by atoms with E-state index in [1.807, 2.05) is 19.1 Å². The Morgan fingerprint density at radius 1 is 1.44 bits per heavy atom. The predicted octanol–water partition coefficient (Wildman–Crippen LogP) is 0.582. The molecule has 1 aromatic carbocycles. The molecule has 0 saturated carbocycles. The molecule has 1 rings (SSSR count). The van der Waals surface area contributed by atoms with Gasteiger partial charge in [0.1, 0.15) is 5.75 Å². The summed E-state index contributed by atoms with van der Waals surface area (Å²) in [4.78, 5) is 10.7. The molecule has 0 heterocycles. The second kappa shape index (κ2) is 6.98. The number of ether oxygens (including phenoxy) is 1. The fraction of sp³-hybridized carbons (Fsp3) is 0.462. The second-order valence-corrected chi connectivity index (χ2v) is 4.27. The van der Waals surface area contributed by atoms with Crippen molar-refractivity contribution in [1.29, 1.82) is 0 Å². The van der Waals surface area contributed by atoms with Gasteiger partial charge in [-0.3, -0.25) is 4.79 Å². The molecular weight excluding hydrogens is 232 g/mol. The number of nitrogens with one attached hydrogen (secondary N) is 1. The Balaban J connectivity index is 2.44. The standard InChI is InChI=1S/C13H20N2O3/c1-9(7-13(14)17)15-8-12(16)10-3-5-11(18-2)6-4-10/h3-6,9,12,15-16H,7-8H2,1-2H3,(H2,14,17). The summed E-state index contributed by atoms with van der Waals surface area (Å²) in [5.74, 6) is 0.398. The van der Waals surface area contributed by atoms with Crippen molar-refractivity contribution in [3.63, 3.8) is 0 Å². The van der Waals surface area contributed by atoms with Crippen LogP contribution in [0.4, 0.5) is 0 Å². The highest BCUT2D eigenvalue weighted by molar-refractivity contribution is 5.74. The molecule has 0 aromatic heterocycles. The Labute approximate surface area is 107 Å². The number of carbonyl (C=O) groups excluding carboxylic acids is 1. The molecule has 18 heavy (non-hydrogen) atoms. The average Bonchev–Trinajstić information content (AvgIpc) is 2.35. The molecular formula is C13H20N2O3. The first-order valence-electron chi connectivity index (χ1n) is 5.86. The van der Waals surface area contributed by atoms with Crippen molar-refractivity contribution >= 4 is 5.91 Å². The highest BCUT2D eigenvalue weighted by atomic mass is 16.5. The van der Waals surface area contributed by atoms with Crippen LogP contribution in [0.15, 0.2) is 24.3 Å². The first-order valence-corrected chi connectivity index (χ1v) is 5.86. The lowest BCUT2D eigenvalue weighted by atomic mass is 10.1. The maximum Gasteiger partial charge on any atom is 0.218 e. The molecule has 0 spiro atoms. The molecule has 2 atom stereocenters. The molecule has 2 unspecified atom stereocenters. The first kappa shape index (κ1) is 14.5. The molecule has 5 nitrogen and oxygen atoms in total. The smallest absolute Gasteiger partial charge is 0.218 e. The van der Waals surface area contributed by atoms with Crippen LogP contribution in [0.25, 0.3) is 0 Å². The van der Waals surface area contributed by atoms with Gasteiger partial charge in [-0.25, -0.2) is 0 Å². The quantitative estimate of drug-likeness (QED) is 0.663. The number of methoxy groups -OCH3 is 1. The van der Waals surface area contributed by atoms with Crippen molar-refractivity contribution in [3.8, 4) is 5.75 Å². The van der Waals surface area contributed by atoms with Crippen LogP contribution in [0, 0.1) is 0 Å². The Kier molecular flexibility index (Phi) is 5.61. The monoisotopic (exact) mass is 252 g/mol. The van der Waals surface area contributed by atoms with Crippen molar-refractivity contribution < 1.29 is 14.6 Å². The number of benzene rings is 1. The van der Waals surface area contributed by atoms with Crippen LogP contribution in [0.1, 0.15) is 25.0 Å². The van der Waals surface area contributed by atoms with Gasteiger partial charge in [0.2, 0.25) is 5.91 Å². The highest BCUT2D eigenvalue weighted by Crippen LogP contribution is 2.17. The summed E-state index contributed by atoms with van der Waals surface area (Å²) < 4.78 is 5.04. The van der Waals surface area contributed by atoms with Crippen molar-refractivity contribution in [2.45, 2.75) is 25.5 Å². The van der Waals surface area contributed by atoms with Crippen LogP contribution < -0.4 is 15.8 Å². The minimum absolute atomic E-state index is 0.0459. The number of hydrogen-bond donors (Lipinski definition) is 3. The van der Waals surface area contributed by atoms with Gasteiger partial charge >= 0.3 is 0 Å². The number of primary amides is 1. The third kappa shape index (κ3) is 4.73. The van der Waals surface area contributed by atoms with Crippen molar-refractivity contribution in [3.05, 3.63) is 29.8 Å².